The molecule has 0 aromatic rings. The molecule has 0 aromatic carbocycles. The smallest absolute Gasteiger partial charge is 0.151 e. The van der Waals surface area contributed by atoms with Crippen LogP contribution in [0.2, 0.25) is 0 Å². The highest BCUT2D eigenvalue weighted by atomic mass is 32.2. The zero-order chi connectivity index (χ0) is 15.9. The number of nitrogens with one attached hydrogen (secondary N) is 1. The van der Waals surface area contributed by atoms with E-state index in [9.17, 15) is 8.42 Å². The van der Waals surface area contributed by atoms with E-state index in [1.807, 2.05) is 6.92 Å². The molecule has 1 saturated heterocycles. The molecular weight excluding hydrogens is 284 g/mol. The molecule has 1 fully saturated rings. The van der Waals surface area contributed by atoms with Crippen molar-refractivity contribution in [2.45, 2.75) is 65.5 Å². The minimum atomic E-state index is -2.87. The summed E-state index contributed by atoms with van der Waals surface area (Å²) in [5.41, 5.74) is 0. The van der Waals surface area contributed by atoms with Gasteiger partial charge in [-0.1, -0.05) is 34.1 Å². The molecule has 1 aliphatic heterocycles. The second kappa shape index (κ2) is 9.11. The van der Waals surface area contributed by atoms with Crippen LogP contribution in [0.15, 0.2) is 0 Å². The molecule has 2 unspecified atom stereocenters. The van der Waals surface area contributed by atoms with E-state index in [1.54, 1.807) is 0 Å². The van der Waals surface area contributed by atoms with Crippen molar-refractivity contribution in [2.75, 3.05) is 31.1 Å². The predicted octanol–water partition coefficient (Wildman–Crippen LogP) is 2.30. The molecule has 0 aromatic heterocycles. The van der Waals surface area contributed by atoms with Crippen LogP contribution < -0.4 is 5.32 Å². The normalized spacial score (nSPS) is 24.6. The van der Waals surface area contributed by atoms with Gasteiger partial charge in [0.1, 0.15) is 0 Å². The molecule has 1 aliphatic rings. The van der Waals surface area contributed by atoms with Crippen molar-refractivity contribution in [1.29, 1.82) is 0 Å². The summed E-state index contributed by atoms with van der Waals surface area (Å²) in [5, 5.41) is 3.64. The largest absolute Gasteiger partial charge is 0.311 e. The Morgan fingerprint density at radius 1 is 1.19 bits per heavy atom. The third kappa shape index (κ3) is 7.11. The number of sulfone groups is 1. The van der Waals surface area contributed by atoms with E-state index < -0.39 is 9.84 Å². The van der Waals surface area contributed by atoms with Crippen LogP contribution >= 0.6 is 0 Å². The lowest BCUT2D eigenvalue weighted by molar-refractivity contribution is 0.118. The van der Waals surface area contributed by atoms with E-state index in [0.717, 1.165) is 25.9 Å². The average Bonchev–Trinajstić information content (AvgIpc) is 2.38. The Labute approximate surface area is 131 Å². The molecule has 2 atom stereocenters. The summed E-state index contributed by atoms with van der Waals surface area (Å²) in [6.07, 6.45) is 4.21. The van der Waals surface area contributed by atoms with Crippen molar-refractivity contribution >= 4 is 9.84 Å². The molecule has 0 aliphatic carbocycles. The fourth-order valence-electron chi connectivity index (χ4n) is 3.19. The summed E-state index contributed by atoms with van der Waals surface area (Å²) in [4.78, 5) is 2.42. The third-order valence-corrected chi connectivity index (χ3v) is 6.03. The summed E-state index contributed by atoms with van der Waals surface area (Å²) < 4.78 is 23.9. The summed E-state index contributed by atoms with van der Waals surface area (Å²) in [6, 6.07) is 1.00. The number of hydrogen-bond acceptors (Lipinski definition) is 4. The molecule has 1 heterocycles. The zero-order valence-electron chi connectivity index (χ0n) is 14.3. The lowest BCUT2D eigenvalue weighted by atomic mass is 9.98. The van der Waals surface area contributed by atoms with E-state index in [2.05, 4.69) is 31.0 Å². The number of nitrogens with zero attached hydrogens (tertiary/aromatic N) is 1. The van der Waals surface area contributed by atoms with Crippen LogP contribution in [0, 0.1) is 5.92 Å². The van der Waals surface area contributed by atoms with Crippen LogP contribution in [-0.2, 0) is 9.84 Å². The van der Waals surface area contributed by atoms with Crippen LogP contribution in [0.5, 0.6) is 0 Å². The monoisotopic (exact) mass is 318 g/mol. The van der Waals surface area contributed by atoms with Gasteiger partial charge in [0.25, 0.3) is 0 Å². The SMILES string of the molecule is CCCC1CN(CCS(=O)(=O)CCC)C(CC(C)C)CN1. The molecular formula is C16H34N2O2S. The van der Waals surface area contributed by atoms with E-state index in [0.29, 0.717) is 36.1 Å². The van der Waals surface area contributed by atoms with Crippen LogP contribution in [0.1, 0.15) is 53.4 Å². The molecule has 5 heteroatoms. The van der Waals surface area contributed by atoms with Crippen LogP contribution in [0.25, 0.3) is 0 Å². The molecule has 126 valence electrons. The first-order valence-electron chi connectivity index (χ1n) is 8.55. The molecule has 21 heavy (non-hydrogen) atoms. The Morgan fingerprint density at radius 3 is 2.48 bits per heavy atom. The molecule has 4 nitrogen and oxygen atoms in total. The van der Waals surface area contributed by atoms with Crippen molar-refractivity contribution in [1.82, 2.24) is 10.2 Å². The van der Waals surface area contributed by atoms with Gasteiger partial charge < -0.3 is 5.32 Å². The summed E-state index contributed by atoms with van der Waals surface area (Å²) in [7, 11) is -2.87. The van der Waals surface area contributed by atoms with Gasteiger partial charge in [-0.05, 0) is 25.2 Å². The van der Waals surface area contributed by atoms with E-state index in [1.165, 1.54) is 12.8 Å². The summed E-state index contributed by atoms with van der Waals surface area (Å²) >= 11 is 0. The maximum absolute atomic E-state index is 12.0. The van der Waals surface area contributed by atoms with Crippen molar-refractivity contribution in [3.8, 4) is 0 Å². The Kier molecular flexibility index (Phi) is 8.21. The predicted molar refractivity (Wildman–Crippen MR) is 90.5 cm³/mol. The molecule has 0 amide bonds. The van der Waals surface area contributed by atoms with Crippen molar-refractivity contribution in [3.63, 3.8) is 0 Å². The lowest BCUT2D eigenvalue weighted by Crippen LogP contribution is -2.57. The number of rotatable bonds is 9. The first-order valence-corrected chi connectivity index (χ1v) is 10.4. The van der Waals surface area contributed by atoms with Crippen molar-refractivity contribution < 1.29 is 8.42 Å². The molecule has 0 spiro atoms. The van der Waals surface area contributed by atoms with Gasteiger partial charge in [0, 0.05) is 37.5 Å². The molecule has 1 rings (SSSR count). The van der Waals surface area contributed by atoms with E-state index >= 15 is 0 Å². The summed E-state index contributed by atoms with van der Waals surface area (Å²) in [5.74, 6) is 1.29. The molecule has 0 radical (unpaired) electrons. The standard InChI is InChI=1S/C16H34N2O2S/c1-5-7-15-13-18(8-10-21(19,20)9-6-2)16(12-17-15)11-14(3)4/h14-17H,5-13H2,1-4H3. The Morgan fingerprint density at radius 2 is 1.90 bits per heavy atom. The number of hydrogen-bond donors (Lipinski definition) is 1. The highest BCUT2D eigenvalue weighted by molar-refractivity contribution is 7.91. The van der Waals surface area contributed by atoms with Crippen LogP contribution in [0.4, 0.5) is 0 Å². The van der Waals surface area contributed by atoms with Gasteiger partial charge in [-0.15, -0.1) is 0 Å². The Bertz CT molecular complexity index is 382. The van der Waals surface area contributed by atoms with Gasteiger partial charge in [0.05, 0.1) is 5.75 Å². The fraction of sp³-hybridized carbons (Fsp3) is 1.00. The summed E-state index contributed by atoms with van der Waals surface area (Å²) in [6.45, 7) is 11.3. The highest BCUT2D eigenvalue weighted by Crippen LogP contribution is 2.17. The molecule has 0 saturated carbocycles. The van der Waals surface area contributed by atoms with Gasteiger partial charge >= 0.3 is 0 Å². The van der Waals surface area contributed by atoms with Gasteiger partial charge in [-0.25, -0.2) is 8.42 Å². The zero-order valence-corrected chi connectivity index (χ0v) is 15.1. The maximum Gasteiger partial charge on any atom is 0.151 e. The Balaban J connectivity index is 2.60. The fourth-order valence-corrected chi connectivity index (χ4v) is 4.53. The average molecular weight is 319 g/mol. The second-order valence-corrected chi connectivity index (χ2v) is 9.13. The highest BCUT2D eigenvalue weighted by Gasteiger charge is 2.28. The quantitative estimate of drug-likeness (QED) is 0.709. The first kappa shape index (κ1) is 18.9. The van der Waals surface area contributed by atoms with Gasteiger partial charge in [0.2, 0.25) is 0 Å². The first-order chi connectivity index (χ1) is 9.88. The van der Waals surface area contributed by atoms with Crippen LogP contribution in [0.3, 0.4) is 0 Å². The topological polar surface area (TPSA) is 49.4 Å². The molecule has 1 N–H and O–H groups in total. The minimum absolute atomic E-state index is 0.314. The second-order valence-electron chi connectivity index (χ2n) is 6.82. The van der Waals surface area contributed by atoms with E-state index in [-0.39, 0.29) is 0 Å². The van der Waals surface area contributed by atoms with E-state index in [4.69, 9.17) is 0 Å². The third-order valence-electron chi connectivity index (χ3n) is 4.20. The van der Waals surface area contributed by atoms with Crippen LogP contribution in [-0.4, -0.2) is 56.5 Å². The van der Waals surface area contributed by atoms with Crippen molar-refractivity contribution in [2.24, 2.45) is 5.92 Å². The molecule has 0 bridgehead atoms. The van der Waals surface area contributed by atoms with Gasteiger partial charge in [-0.2, -0.15) is 0 Å². The van der Waals surface area contributed by atoms with Crippen molar-refractivity contribution in [3.05, 3.63) is 0 Å². The van der Waals surface area contributed by atoms with Gasteiger partial charge in [0.15, 0.2) is 9.84 Å². The minimum Gasteiger partial charge on any atom is -0.311 e. The van der Waals surface area contributed by atoms with Gasteiger partial charge in [-0.3, -0.25) is 4.90 Å². The number of piperazine rings is 1. The lowest BCUT2D eigenvalue weighted by Gasteiger charge is -2.41. The maximum atomic E-state index is 12.0. The Hall–Kier alpha value is -0.130.